The Morgan fingerprint density at radius 1 is 1.23 bits per heavy atom. The molecule has 1 atom stereocenters. The molecular formula is C22H26N6O2S. The average molecular weight is 439 g/mol. The molecule has 2 aliphatic rings. The van der Waals surface area contributed by atoms with E-state index in [1.807, 2.05) is 17.0 Å². The van der Waals surface area contributed by atoms with Gasteiger partial charge >= 0.3 is 0 Å². The third kappa shape index (κ3) is 4.33. The number of piperazine rings is 1. The van der Waals surface area contributed by atoms with Gasteiger partial charge in [-0.1, -0.05) is 11.2 Å². The van der Waals surface area contributed by atoms with Crippen LogP contribution in [0.15, 0.2) is 40.4 Å². The maximum absolute atomic E-state index is 11.6. The summed E-state index contributed by atoms with van der Waals surface area (Å²) < 4.78 is 5.70. The zero-order valence-electron chi connectivity index (χ0n) is 17.6. The van der Waals surface area contributed by atoms with Crippen molar-refractivity contribution in [1.82, 2.24) is 24.9 Å². The average Bonchev–Trinajstić information content (AvgIpc) is 3.56. The smallest absolute Gasteiger partial charge is 0.244 e. The number of aromatic nitrogens is 3. The Morgan fingerprint density at radius 2 is 2.10 bits per heavy atom. The highest BCUT2D eigenvalue weighted by molar-refractivity contribution is 7.09. The van der Waals surface area contributed by atoms with Crippen molar-refractivity contribution in [2.24, 2.45) is 0 Å². The summed E-state index contributed by atoms with van der Waals surface area (Å²) in [7, 11) is 0. The summed E-state index contributed by atoms with van der Waals surface area (Å²) in [6.45, 7) is 6.57. The van der Waals surface area contributed by atoms with Crippen LogP contribution in [-0.4, -0.2) is 63.6 Å². The van der Waals surface area contributed by atoms with E-state index < -0.39 is 0 Å². The lowest BCUT2D eigenvalue weighted by molar-refractivity contribution is -0.129. The number of carbonyl (C=O) groups excluding carboxylic acids is 1. The molecule has 0 bridgehead atoms. The van der Waals surface area contributed by atoms with E-state index in [9.17, 15) is 4.79 Å². The van der Waals surface area contributed by atoms with Gasteiger partial charge in [0.25, 0.3) is 0 Å². The molecule has 3 aromatic heterocycles. The molecule has 8 nitrogen and oxygen atoms in total. The zero-order chi connectivity index (χ0) is 21.2. The first-order valence-corrected chi connectivity index (χ1v) is 11.6. The van der Waals surface area contributed by atoms with Crippen LogP contribution in [0.25, 0.3) is 11.4 Å². The first kappa shape index (κ1) is 20.1. The van der Waals surface area contributed by atoms with Gasteiger partial charge in [-0.3, -0.25) is 9.69 Å². The van der Waals surface area contributed by atoms with E-state index in [1.165, 1.54) is 4.88 Å². The van der Waals surface area contributed by atoms with Crippen molar-refractivity contribution in [1.29, 1.82) is 0 Å². The fourth-order valence-corrected chi connectivity index (χ4v) is 5.10. The van der Waals surface area contributed by atoms with E-state index in [4.69, 9.17) is 9.51 Å². The van der Waals surface area contributed by atoms with Gasteiger partial charge < -0.3 is 14.3 Å². The Bertz CT molecular complexity index is 1030. The molecule has 2 saturated heterocycles. The normalized spacial score (nSPS) is 19.8. The molecule has 0 aromatic carbocycles. The molecule has 3 aromatic rings. The number of hydrogen-bond acceptors (Lipinski definition) is 8. The molecule has 2 aliphatic heterocycles. The SMILES string of the molecule is CC(=O)N1CCN(c2cc(-c3noc([C@@H]4CCCN4Cc4cccs4)n3)ccn2)CC1. The summed E-state index contributed by atoms with van der Waals surface area (Å²) in [4.78, 5) is 28.7. The van der Waals surface area contributed by atoms with E-state index in [0.29, 0.717) is 11.7 Å². The highest BCUT2D eigenvalue weighted by Gasteiger charge is 2.31. The number of carbonyl (C=O) groups is 1. The summed E-state index contributed by atoms with van der Waals surface area (Å²) in [6.07, 6.45) is 3.96. The van der Waals surface area contributed by atoms with Gasteiger partial charge in [0.05, 0.1) is 6.04 Å². The van der Waals surface area contributed by atoms with Gasteiger partial charge in [-0.05, 0) is 43.0 Å². The Morgan fingerprint density at radius 3 is 2.87 bits per heavy atom. The lowest BCUT2D eigenvalue weighted by atomic mass is 10.2. The minimum Gasteiger partial charge on any atom is -0.353 e. The van der Waals surface area contributed by atoms with E-state index in [1.54, 1.807) is 24.5 Å². The molecule has 0 aliphatic carbocycles. The van der Waals surface area contributed by atoms with Crippen LogP contribution < -0.4 is 4.90 Å². The van der Waals surface area contributed by atoms with E-state index in [-0.39, 0.29) is 11.9 Å². The molecule has 1 amide bonds. The van der Waals surface area contributed by atoms with Crippen molar-refractivity contribution in [3.8, 4) is 11.4 Å². The second-order valence-electron chi connectivity index (χ2n) is 8.06. The van der Waals surface area contributed by atoms with Crippen LogP contribution >= 0.6 is 11.3 Å². The standard InChI is InChI=1S/C22H26N6O2S/c1-16(29)26-9-11-27(12-10-26)20-14-17(6-7-23-20)21-24-22(30-25-21)19-5-2-8-28(19)15-18-4-3-13-31-18/h3-4,6-7,13-14,19H,2,5,8-12,15H2,1H3/t19-/m0/s1. The van der Waals surface area contributed by atoms with Gasteiger partial charge in [0.15, 0.2) is 0 Å². The van der Waals surface area contributed by atoms with Crippen LogP contribution in [0.5, 0.6) is 0 Å². The molecule has 2 fully saturated rings. The van der Waals surface area contributed by atoms with E-state index in [0.717, 1.165) is 63.5 Å². The second-order valence-corrected chi connectivity index (χ2v) is 9.09. The number of likely N-dealkylation sites (tertiary alicyclic amines) is 1. The Hall–Kier alpha value is -2.78. The maximum atomic E-state index is 11.6. The fraction of sp³-hybridized carbons (Fsp3) is 0.455. The fourth-order valence-electron chi connectivity index (χ4n) is 4.37. The number of thiophene rings is 1. The largest absolute Gasteiger partial charge is 0.353 e. The number of nitrogens with zero attached hydrogens (tertiary/aromatic N) is 6. The molecule has 9 heteroatoms. The molecular weight excluding hydrogens is 412 g/mol. The Labute approximate surface area is 185 Å². The van der Waals surface area contributed by atoms with Crippen LogP contribution in [-0.2, 0) is 11.3 Å². The van der Waals surface area contributed by atoms with Crippen molar-refractivity contribution in [2.75, 3.05) is 37.6 Å². The van der Waals surface area contributed by atoms with Crippen LogP contribution in [0, 0.1) is 0 Å². The lowest BCUT2D eigenvalue weighted by Gasteiger charge is -2.34. The van der Waals surface area contributed by atoms with Crippen molar-refractivity contribution in [2.45, 2.75) is 32.4 Å². The molecule has 162 valence electrons. The topological polar surface area (TPSA) is 78.6 Å². The van der Waals surface area contributed by atoms with E-state index in [2.05, 4.69) is 37.5 Å². The Balaban J connectivity index is 1.30. The van der Waals surface area contributed by atoms with Gasteiger partial charge in [0, 0.05) is 56.3 Å². The predicted octanol–water partition coefficient (Wildman–Crippen LogP) is 3.20. The number of pyridine rings is 1. The van der Waals surface area contributed by atoms with Gasteiger partial charge in [-0.2, -0.15) is 4.98 Å². The number of rotatable bonds is 5. The van der Waals surface area contributed by atoms with Gasteiger partial charge in [-0.25, -0.2) is 4.98 Å². The van der Waals surface area contributed by atoms with Crippen molar-refractivity contribution >= 4 is 23.1 Å². The summed E-state index contributed by atoms with van der Waals surface area (Å²) in [5.74, 6) is 2.30. The molecule has 5 rings (SSSR count). The van der Waals surface area contributed by atoms with E-state index >= 15 is 0 Å². The minimum atomic E-state index is 0.126. The van der Waals surface area contributed by atoms with Crippen molar-refractivity contribution in [3.05, 3.63) is 46.6 Å². The summed E-state index contributed by atoms with van der Waals surface area (Å²) in [5, 5.41) is 6.39. The third-order valence-corrected chi connectivity index (χ3v) is 6.94. The quantitative estimate of drug-likeness (QED) is 0.605. The lowest BCUT2D eigenvalue weighted by Crippen LogP contribution is -2.48. The van der Waals surface area contributed by atoms with Gasteiger partial charge in [-0.15, -0.1) is 11.3 Å². The summed E-state index contributed by atoms with van der Waals surface area (Å²) in [6, 6.07) is 8.37. The molecule has 0 unspecified atom stereocenters. The van der Waals surface area contributed by atoms with Crippen molar-refractivity contribution < 1.29 is 9.32 Å². The van der Waals surface area contributed by atoms with Gasteiger partial charge in [0.1, 0.15) is 5.82 Å². The number of amides is 1. The molecule has 31 heavy (non-hydrogen) atoms. The maximum Gasteiger partial charge on any atom is 0.244 e. The van der Waals surface area contributed by atoms with Crippen LogP contribution in [0.3, 0.4) is 0 Å². The molecule has 5 heterocycles. The van der Waals surface area contributed by atoms with Crippen LogP contribution in [0.2, 0.25) is 0 Å². The molecule has 0 radical (unpaired) electrons. The molecule has 0 N–H and O–H groups in total. The monoisotopic (exact) mass is 438 g/mol. The highest BCUT2D eigenvalue weighted by Crippen LogP contribution is 2.34. The van der Waals surface area contributed by atoms with Crippen LogP contribution in [0.4, 0.5) is 5.82 Å². The third-order valence-electron chi connectivity index (χ3n) is 6.08. The zero-order valence-corrected chi connectivity index (χ0v) is 18.4. The van der Waals surface area contributed by atoms with Gasteiger partial charge in [0.2, 0.25) is 17.6 Å². The number of hydrogen-bond donors (Lipinski definition) is 0. The number of anilines is 1. The minimum absolute atomic E-state index is 0.126. The second kappa shape index (κ2) is 8.76. The first-order valence-electron chi connectivity index (χ1n) is 10.7. The van der Waals surface area contributed by atoms with Crippen LogP contribution in [0.1, 0.15) is 36.6 Å². The molecule has 0 saturated carbocycles. The molecule has 0 spiro atoms. The van der Waals surface area contributed by atoms with Crippen molar-refractivity contribution in [3.63, 3.8) is 0 Å². The summed E-state index contributed by atoms with van der Waals surface area (Å²) >= 11 is 1.78. The highest BCUT2D eigenvalue weighted by atomic mass is 32.1. The predicted molar refractivity (Wildman–Crippen MR) is 119 cm³/mol. The first-order chi connectivity index (χ1) is 15.2. The Kier molecular flexibility index (Phi) is 5.69. The summed E-state index contributed by atoms with van der Waals surface area (Å²) in [5.41, 5.74) is 0.900.